The van der Waals surface area contributed by atoms with Crippen molar-refractivity contribution in [3.63, 3.8) is 0 Å². The van der Waals surface area contributed by atoms with E-state index in [1.54, 1.807) is 18.3 Å². The quantitative estimate of drug-likeness (QED) is 0.733. The summed E-state index contributed by atoms with van der Waals surface area (Å²) in [5, 5.41) is 8.14. The Morgan fingerprint density at radius 1 is 1.04 bits per heavy atom. The molecular weight excluding hydrogens is 345 g/mol. The third kappa shape index (κ3) is 3.30. The Kier molecular flexibility index (Phi) is 4.88. The zero-order valence-electron chi connectivity index (χ0n) is 12.9. The second-order valence-corrected chi connectivity index (χ2v) is 6.10. The molecule has 1 aromatic heterocycles. The van der Waals surface area contributed by atoms with E-state index in [1.807, 2.05) is 49.4 Å². The van der Waals surface area contributed by atoms with Gasteiger partial charge in [0.25, 0.3) is 5.56 Å². The third-order valence-corrected chi connectivity index (χ3v) is 4.37. The van der Waals surface area contributed by atoms with Crippen molar-refractivity contribution < 1.29 is 0 Å². The molecule has 1 heterocycles. The molecule has 24 heavy (non-hydrogen) atoms. The molecule has 122 valence electrons. The number of anilines is 1. The molecule has 0 bridgehead atoms. The third-order valence-electron chi connectivity index (χ3n) is 3.66. The summed E-state index contributed by atoms with van der Waals surface area (Å²) in [5.41, 5.74) is 1.68. The van der Waals surface area contributed by atoms with Crippen molar-refractivity contribution in [1.82, 2.24) is 9.78 Å². The first kappa shape index (κ1) is 16.6. The standard InChI is InChI=1S/C18H15Cl2N3O/c1-12(14-9-5-6-10-15(14)19)22-16-11-21-23(18(24)17(16)20)13-7-3-2-4-8-13/h2-12,22H,1H3. The number of para-hydroxylation sites is 1. The van der Waals surface area contributed by atoms with Crippen molar-refractivity contribution in [2.75, 3.05) is 5.32 Å². The lowest BCUT2D eigenvalue weighted by Crippen LogP contribution is -2.23. The summed E-state index contributed by atoms with van der Waals surface area (Å²) in [6.07, 6.45) is 1.55. The minimum Gasteiger partial charge on any atom is -0.376 e. The number of hydrogen-bond donors (Lipinski definition) is 1. The maximum atomic E-state index is 12.5. The van der Waals surface area contributed by atoms with E-state index in [0.29, 0.717) is 16.4 Å². The Morgan fingerprint density at radius 3 is 2.42 bits per heavy atom. The van der Waals surface area contributed by atoms with Crippen LogP contribution < -0.4 is 10.9 Å². The van der Waals surface area contributed by atoms with Crippen LogP contribution in [-0.2, 0) is 0 Å². The van der Waals surface area contributed by atoms with Crippen LogP contribution in [0.4, 0.5) is 5.69 Å². The Morgan fingerprint density at radius 2 is 1.71 bits per heavy atom. The molecule has 0 aliphatic rings. The summed E-state index contributed by atoms with van der Waals surface area (Å²) in [6, 6.07) is 16.5. The van der Waals surface area contributed by atoms with E-state index in [-0.39, 0.29) is 16.6 Å². The highest BCUT2D eigenvalue weighted by molar-refractivity contribution is 6.33. The predicted octanol–water partition coefficient (Wildman–Crippen LogP) is 4.71. The van der Waals surface area contributed by atoms with Crippen molar-refractivity contribution in [3.8, 4) is 5.69 Å². The van der Waals surface area contributed by atoms with Crippen LogP contribution in [0.3, 0.4) is 0 Å². The Hall–Kier alpha value is -2.30. The van der Waals surface area contributed by atoms with Gasteiger partial charge in [-0.05, 0) is 30.7 Å². The van der Waals surface area contributed by atoms with E-state index in [2.05, 4.69) is 10.4 Å². The van der Waals surface area contributed by atoms with Crippen LogP contribution in [0.15, 0.2) is 65.6 Å². The molecule has 0 aliphatic carbocycles. The topological polar surface area (TPSA) is 46.9 Å². The summed E-state index contributed by atoms with van der Waals surface area (Å²) >= 11 is 12.5. The molecule has 0 aliphatic heterocycles. The Bertz CT molecular complexity index is 910. The molecule has 3 aromatic rings. The van der Waals surface area contributed by atoms with Crippen LogP contribution in [-0.4, -0.2) is 9.78 Å². The normalized spacial score (nSPS) is 12.0. The molecule has 4 nitrogen and oxygen atoms in total. The highest BCUT2D eigenvalue weighted by Crippen LogP contribution is 2.27. The number of aromatic nitrogens is 2. The van der Waals surface area contributed by atoms with Gasteiger partial charge in [0.1, 0.15) is 5.02 Å². The molecule has 1 unspecified atom stereocenters. The van der Waals surface area contributed by atoms with Gasteiger partial charge in [-0.25, -0.2) is 0 Å². The van der Waals surface area contributed by atoms with Crippen molar-refractivity contribution >= 4 is 28.9 Å². The summed E-state index contributed by atoms with van der Waals surface area (Å²) in [7, 11) is 0. The molecular formula is C18H15Cl2N3O. The fourth-order valence-electron chi connectivity index (χ4n) is 2.42. The fourth-order valence-corrected chi connectivity index (χ4v) is 2.91. The number of halogens is 2. The molecule has 1 atom stereocenters. The summed E-state index contributed by atoms with van der Waals surface area (Å²) in [5.74, 6) is 0. The van der Waals surface area contributed by atoms with Crippen molar-refractivity contribution in [3.05, 3.63) is 86.8 Å². The van der Waals surface area contributed by atoms with Crippen molar-refractivity contribution in [1.29, 1.82) is 0 Å². The Labute approximate surface area is 149 Å². The second kappa shape index (κ2) is 7.07. The van der Waals surface area contributed by atoms with E-state index < -0.39 is 0 Å². The highest BCUT2D eigenvalue weighted by atomic mass is 35.5. The van der Waals surface area contributed by atoms with Crippen LogP contribution in [0.5, 0.6) is 0 Å². The fraction of sp³-hybridized carbons (Fsp3) is 0.111. The lowest BCUT2D eigenvalue weighted by atomic mass is 10.1. The van der Waals surface area contributed by atoms with Crippen LogP contribution in [0, 0.1) is 0 Å². The van der Waals surface area contributed by atoms with Crippen molar-refractivity contribution in [2.24, 2.45) is 0 Å². The van der Waals surface area contributed by atoms with Crippen LogP contribution >= 0.6 is 23.2 Å². The van der Waals surface area contributed by atoms with Crippen LogP contribution in [0.25, 0.3) is 5.69 Å². The summed E-state index contributed by atoms with van der Waals surface area (Å²) in [6.45, 7) is 1.94. The predicted molar refractivity (Wildman–Crippen MR) is 98.3 cm³/mol. The molecule has 1 N–H and O–H groups in total. The lowest BCUT2D eigenvalue weighted by Gasteiger charge is -2.18. The maximum Gasteiger partial charge on any atom is 0.292 e. The van der Waals surface area contributed by atoms with Gasteiger partial charge >= 0.3 is 0 Å². The van der Waals surface area contributed by atoms with Gasteiger partial charge in [0, 0.05) is 5.02 Å². The Balaban J connectivity index is 1.92. The average Bonchev–Trinajstić information content (AvgIpc) is 2.60. The first-order valence-electron chi connectivity index (χ1n) is 7.42. The number of nitrogens with one attached hydrogen (secondary N) is 1. The molecule has 0 saturated heterocycles. The van der Waals surface area contributed by atoms with Gasteiger partial charge in [0.2, 0.25) is 0 Å². The van der Waals surface area contributed by atoms with Gasteiger partial charge in [-0.2, -0.15) is 9.78 Å². The first-order valence-corrected chi connectivity index (χ1v) is 8.17. The van der Waals surface area contributed by atoms with Crippen LogP contribution in [0.2, 0.25) is 10.0 Å². The molecule has 0 spiro atoms. The molecule has 6 heteroatoms. The highest BCUT2D eigenvalue weighted by Gasteiger charge is 2.14. The van der Waals surface area contributed by atoms with Gasteiger partial charge in [-0.3, -0.25) is 4.79 Å². The molecule has 0 saturated carbocycles. The van der Waals surface area contributed by atoms with Crippen LogP contribution in [0.1, 0.15) is 18.5 Å². The number of rotatable bonds is 4. The van der Waals surface area contributed by atoms with Gasteiger partial charge in [-0.15, -0.1) is 0 Å². The van der Waals surface area contributed by atoms with Gasteiger partial charge in [0.15, 0.2) is 0 Å². The van der Waals surface area contributed by atoms with Gasteiger partial charge < -0.3 is 5.32 Å². The van der Waals surface area contributed by atoms with E-state index in [9.17, 15) is 4.79 Å². The average molecular weight is 360 g/mol. The van der Waals surface area contributed by atoms with E-state index in [0.717, 1.165) is 5.56 Å². The van der Waals surface area contributed by atoms with Gasteiger partial charge in [-0.1, -0.05) is 59.6 Å². The lowest BCUT2D eigenvalue weighted by molar-refractivity contribution is 0.799. The maximum absolute atomic E-state index is 12.5. The van der Waals surface area contributed by atoms with Crippen molar-refractivity contribution in [2.45, 2.75) is 13.0 Å². The summed E-state index contributed by atoms with van der Waals surface area (Å²) in [4.78, 5) is 12.5. The number of benzene rings is 2. The largest absolute Gasteiger partial charge is 0.376 e. The number of hydrogen-bond acceptors (Lipinski definition) is 3. The molecule has 0 fully saturated rings. The first-order chi connectivity index (χ1) is 11.6. The monoisotopic (exact) mass is 359 g/mol. The molecule has 0 amide bonds. The van der Waals surface area contributed by atoms with E-state index >= 15 is 0 Å². The van der Waals surface area contributed by atoms with Gasteiger partial charge in [0.05, 0.1) is 23.6 Å². The zero-order valence-corrected chi connectivity index (χ0v) is 14.4. The van der Waals surface area contributed by atoms with E-state index in [1.165, 1.54) is 4.68 Å². The number of nitrogens with zero attached hydrogens (tertiary/aromatic N) is 2. The molecule has 2 aromatic carbocycles. The second-order valence-electron chi connectivity index (χ2n) is 5.31. The SMILES string of the molecule is CC(Nc1cnn(-c2ccccc2)c(=O)c1Cl)c1ccccc1Cl. The molecule has 3 rings (SSSR count). The minimum absolute atomic E-state index is 0.0905. The summed E-state index contributed by atoms with van der Waals surface area (Å²) < 4.78 is 1.27. The molecule has 0 radical (unpaired) electrons. The van der Waals surface area contributed by atoms with E-state index in [4.69, 9.17) is 23.2 Å². The minimum atomic E-state index is -0.376. The zero-order chi connectivity index (χ0) is 17.1. The smallest absolute Gasteiger partial charge is 0.292 e.